The zero-order valence-corrected chi connectivity index (χ0v) is 17.2. The number of benzene rings is 2. The summed E-state index contributed by atoms with van der Waals surface area (Å²) >= 11 is 6.27. The summed E-state index contributed by atoms with van der Waals surface area (Å²) in [6.07, 6.45) is 0.821. The molecule has 0 aliphatic carbocycles. The fourth-order valence-electron chi connectivity index (χ4n) is 3.75. The molecular formula is C22H26ClN5. The number of piperazine rings is 1. The minimum atomic E-state index is 0.0711. The number of aliphatic imine (C=N–C) groups is 1. The van der Waals surface area contributed by atoms with Gasteiger partial charge in [-0.15, -0.1) is 0 Å². The van der Waals surface area contributed by atoms with Crippen molar-refractivity contribution in [2.45, 2.75) is 26.3 Å². The number of rotatable bonds is 3. The van der Waals surface area contributed by atoms with Gasteiger partial charge < -0.3 is 10.2 Å². The first kappa shape index (κ1) is 19.0. The van der Waals surface area contributed by atoms with E-state index in [4.69, 9.17) is 21.7 Å². The molecule has 1 unspecified atom stereocenters. The standard InChI is InChI=1S/C22H26ClN5/c1-16(14-18-6-4-3-5-7-18)26-28-17(2)20-15-19(23)8-9-21(20)25-22(28)27-12-10-24-11-13-27/h3-9,15,17,24H,10-14H2,1-2H3/b26-16+. The molecule has 1 N–H and O–H groups in total. The topological polar surface area (TPSA) is 43.2 Å². The Morgan fingerprint density at radius 1 is 1.18 bits per heavy atom. The fourth-order valence-corrected chi connectivity index (χ4v) is 3.93. The maximum Gasteiger partial charge on any atom is 0.223 e. The molecule has 0 spiro atoms. The molecule has 146 valence electrons. The van der Waals surface area contributed by atoms with Gasteiger partial charge in [-0.25, -0.2) is 10.0 Å². The number of hydrogen-bond donors (Lipinski definition) is 1. The van der Waals surface area contributed by atoms with Gasteiger partial charge in [-0.3, -0.25) is 0 Å². The average Bonchev–Trinajstić information content (AvgIpc) is 2.72. The van der Waals surface area contributed by atoms with Gasteiger partial charge in [0, 0.05) is 48.9 Å². The number of halogens is 1. The third-order valence-corrected chi connectivity index (χ3v) is 5.45. The largest absolute Gasteiger partial charge is 0.338 e. The Bertz CT molecular complexity index is 887. The highest BCUT2D eigenvalue weighted by molar-refractivity contribution is 6.30. The summed E-state index contributed by atoms with van der Waals surface area (Å²) in [6.45, 7) is 8.03. The highest BCUT2D eigenvalue weighted by atomic mass is 35.5. The van der Waals surface area contributed by atoms with E-state index in [0.717, 1.165) is 60.5 Å². The molecule has 6 heteroatoms. The van der Waals surface area contributed by atoms with Crippen LogP contribution in [-0.2, 0) is 6.42 Å². The van der Waals surface area contributed by atoms with Crippen LogP contribution in [0.1, 0.15) is 31.0 Å². The summed E-state index contributed by atoms with van der Waals surface area (Å²) in [4.78, 5) is 7.30. The molecule has 1 fully saturated rings. The second-order valence-corrected chi connectivity index (χ2v) is 7.81. The normalized spacial score (nSPS) is 20.0. The lowest BCUT2D eigenvalue weighted by Crippen LogP contribution is -2.52. The van der Waals surface area contributed by atoms with Crippen molar-refractivity contribution >= 4 is 29.0 Å². The summed E-state index contributed by atoms with van der Waals surface area (Å²) in [5.74, 6) is 0.927. The number of nitrogens with zero attached hydrogens (tertiary/aromatic N) is 4. The molecular weight excluding hydrogens is 370 g/mol. The minimum absolute atomic E-state index is 0.0711. The van der Waals surface area contributed by atoms with Crippen molar-refractivity contribution in [1.29, 1.82) is 0 Å². The Hall–Kier alpha value is -2.37. The number of hydrogen-bond acceptors (Lipinski definition) is 5. The van der Waals surface area contributed by atoms with Crippen LogP contribution in [0.5, 0.6) is 0 Å². The molecule has 28 heavy (non-hydrogen) atoms. The molecule has 2 aliphatic heterocycles. The summed E-state index contributed by atoms with van der Waals surface area (Å²) < 4.78 is 0. The molecule has 0 radical (unpaired) electrons. The van der Waals surface area contributed by atoms with E-state index in [9.17, 15) is 0 Å². The average molecular weight is 396 g/mol. The highest BCUT2D eigenvalue weighted by Gasteiger charge is 2.31. The van der Waals surface area contributed by atoms with Gasteiger partial charge in [-0.05, 0) is 37.6 Å². The van der Waals surface area contributed by atoms with Crippen molar-refractivity contribution in [2.75, 3.05) is 26.2 Å². The van der Waals surface area contributed by atoms with Gasteiger partial charge >= 0.3 is 0 Å². The molecule has 1 saturated heterocycles. The molecule has 0 aromatic heterocycles. The first-order chi connectivity index (χ1) is 13.6. The van der Waals surface area contributed by atoms with E-state index >= 15 is 0 Å². The van der Waals surface area contributed by atoms with Gasteiger partial charge in [0.25, 0.3) is 0 Å². The van der Waals surface area contributed by atoms with Crippen LogP contribution in [0.2, 0.25) is 5.02 Å². The lowest BCUT2D eigenvalue weighted by molar-refractivity contribution is 0.257. The molecule has 1 atom stereocenters. The molecule has 0 saturated carbocycles. The first-order valence-corrected chi connectivity index (χ1v) is 10.2. The Morgan fingerprint density at radius 3 is 2.68 bits per heavy atom. The van der Waals surface area contributed by atoms with Crippen molar-refractivity contribution in [1.82, 2.24) is 15.2 Å². The second kappa shape index (κ2) is 8.33. The van der Waals surface area contributed by atoms with Crippen LogP contribution < -0.4 is 5.32 Å². The Morgan fingerprint density at radius 2 is 1.93 bits per heavy atom. The third kappa shape index (κ3) is 4.05. The van der Waals surface area contributed by atoms with Crippen molar-refractivity contribution in [3.05, 3.63) is 64.7 Å². The summed E-state index contributed by atoms with van der Waals surface area (Å²) in [6, 6.07) is 16.4. The van der Waals surface area contributed by atoms with E-state index in [0.29, 0.717) is 0 Å². The van der Waals surface area contributed by atoms with Crippen molar-refractivity contribution in [3.63, 3.8) is 0 Å². The SMILES string of the molecule is C/C(Cc1ccccc1)=N\N1C(N2CCNCC2)=Nc2ccc(Cl)cc2C1C. The fraction of sp³-hybridized carbons (Fsp3) is 0.364. The van der Waals surface area contributed by atoms with E-state index in [1.165, 1.54) is 5.56 Å². The third-order valence-electron chi connectivity index (χ3n) is 5.21. The predicted octanol–water partition coefficient (Wildman–Crippen LogP) is 4.23. The number of guanidine groups is 1. The van der Waals surface area contributed by atoms with E-state index in [2.05, 4.69) is 53.3 Å². The molecule has 2 heterocycles. The summed E-state index contributed by atoms with van der Waals surface area (Å²) in [7, 11) is 0. The zero-order chi connectivity index (χ0) is 19.5. The molecule has 0 amide bonds. The zero-order valence-electron chi connectivity index (χ0n) is 16.4. The molecule has 5 nitrogen and oxygen atoms in total. The molecule has 2 aromatic rings. The van der Waals surface area contributed by atoms with E-state index in [1.807, 2.05) is 24.3 Å². The first-order valence-electron chi connectivity index (χ1n) is 9.83. The smallest absolute Gasteiger partial charge is 0.223 e. The van der Waals surface area contributed by atoms with E-state index in [1.54, 1.807) is 0 Å². The van der Waals surface area contributed by atoms with Crippen molar-refractivity contribution in [3.8, 4) is 0 Å². The summed E-state index contributed by atoms with van der Waals surface area (Å²) in [5.41, 5.74) is 4.42. The van der Waals surface area contributed by atoms with Gasteiger partial charge in [-0.2, -0.15) is 5.10 Å². The molecule has 0 bridgehead atoms. The van der Waals surface area contributed by atoms with Gasteiger partial charge in [0.15, 0.2) is 0 Å². The maximum absolute atomic E-state index is 6.27. The maximum atomic E-state index is 6.27. The van der Waals surface area contributed by atoms with Crippen LogP contribution in [0.15, 0.2) is 58.6 Å². The van der Waals surface area contributed by atoms with Gasteiger partial charge in [-0.1, -0.05) is 41.9 Å². The molecule has 2 aliphatic rings. The molecule has 4 rings (SSSR count). The van der Waals surface area contributed by atoms with Crippen LogP contribution in [0.25, 0.3) is 0 Å². The number of fused-ring (bicyclic) bond motifs is 1. The predicted molar refractivity (Wildman–Crippen MR) is 116 cm³/mol. The van der Waals surface area contributed by atoms with Gasteiger partial charge in [0.2, 0.25) is 5.96 Å². The number of nitrogens with one attached hydrogen (secondary N) is 1. The van der Waals surface area contributed by atoms with Crippen LogP contribution in [0, 0.1) is 0 Å². The van der Waals surface area contributed by atoms with Crippen molar-refractivity contribution in [2.24, 2.45) is 10.1 Å². The van der Waals surface area contributed by atoms with Crippen LogP contribution in [0.4, 0.5) is 5.69 Å². The molecule has 2 aromatic carbocycles. The van der Waals surface area contributed by atoms with E-state index < -0.39 is 0 Å². The van der Waals surface area contributed by atoms with Crippen LogP contribution in [-0.4, -0.2) is 47.8 Å². The van der Waals surface area contributed by atoms with Gasteiger partial charge in [0.05, 0.1) is 11.7 Å². The quantitative estimate of drug-likeness (QED) is 0.791. The van der Waals surface area contributed by atoms with E-state index in [-0.39, 0.29) is 6.04 Å². The Balaban J connectivity index is 1.69. The van der Waals surface area contributed by atoms with Gasteiger partial charge in [0.1, 0.15) is 0 Å². The number of hydrazone groups is 1. The Kier molecular flexibility index (Phi) is 5.64. The second-order valence-electron chi connectivity index (χ2n) is 7.37. The van der Waals surface area contributed by atoms with Crippen molar-refractivity contribution < 1.29 is 0 Å². The minimum Gasteiger partial charge on any atom is -0.338 e. The lowest BCUT2D eigenvalue weighted by atomic mass is 10.0. The lowest BCUT2D eigenvalue weighted by Gasteiger charge is -2.40. The monoisotopic (exact) mass is 395 g/mol. The summed E-state index contributed by atoms with van der Waals surface area (Å²) in [5, 5.41) is 11.2. The van der Waals surface area contributed by atoms with Crippen LogP contribution in [0.3, 0.4) is 0 Å². The van der Waals surface area contributed by atoms with Crippen LogP contribution >= 0.6 is 11.6 Å². The Labute approximate surface area is 171 Å². The highest BCUT2D eigenvalue weighted by Crippen LogP contribution is 2.37.